The minimum absolute atomic E-state index is 0.0165. The van der Waals surface area contributed by atoms with Gasteiger partial charge in [-0.25, -0.2) is 8.42 Å². The van der Waals surface area contributed by atoms with Gasteiger partial charge in [-0.3, -0.25) is 4.79 Å². The van der Waals surface area contributed by atoms with E-state index in [1.807, 2.05) is 0 Å². The minimum atomic E-state index is -4.55. The van der Waals surface area contributed by atoms with Crippen LogP contribution in [0.25, 0.3) is 0 Å². The van der Waals surface area contributed by atoms with Crippen LogP contribution in [0.2, 0.25) is 5.02 Å². The van der Waals surface area contributed by atoms with Crippen LogP contribution in [-0.4, -0.2) is 42.7 Å². The Kier molecular flexibility index (Phi) is 6.26. The first-order valence-corrected chi connectivity index (χ1v) is 12.2. The first-order valence-electron chi connectivity index (χ1n) is 10.3. The molecule has 1 aliphatic carbocycles. The van der Waals surface area contributed by atoms with Gasteiger partial charge in [-0.15, -0.1) is 0 Å². The van der Waals surface area contributed by atoms with Crippen LogP contribution in [0, 0.1) is 0 Å². The second kappa shape index (κ2) is 8.68. The molecule has 1 saturated carbocycles. The Morgan fingerprint density at radius 3 is 2.38 bits per heavy atom. The predicted molar refractivity (Wildman–Crippen MR) is 114 cm³/mol. The van der Waals surface area contributed by atoms with Crippen LogP contribution < -0.4 is 0 Å². The molecular weight excluding hydrogens is 465 g/mol. The maximum absolute atomic E-state index is 13.4. The summed E-state index contributed by atoms with van der Waals surface area (Å²) in [6, 6.07) is 8.87. The fraction of sp³-hybridized carbons (Fsp3) is 0.409. The summed E-state index contributed by atoms with van der Waals surface area (Å²) in [6.45, 7) is 0.589. The van der Waals surface area contributed by atoms with Gasteiger partial charge in [0.2, 0.25) is 10.0 Å². The molecule has 0 aromatic heterocycles. The van der Waals surface area contributed by atoms with Crippen LogP contribution in [0.1, 0.15) is 47.2 Å². The first kappa shape index (κ1) is 23.1. The zero-order valence-electron chi connectivity index (χ0n) is 17.1. The van der Waals surface area contributed by atoms with Gasteiger partial charge in [0.15, 0.2) is 0 Å². The van der Waals surface area contributed by atoms with E-state index in [2.05, 4.69) is 0 Å². The minimum Gasteiger partial charge on any atom is -0.331 e. The molecule has 10 heteroatoms. The smallest absolute Gasteiger partial charge is 0.331 e. The van der Waals surface area contributed by atoms with Gasteiger partial charge in [-0.2, -0.15) is 17.5 Å². The monoisotopic (exact) mass is 486 g/mol. The molecule has 1 heterocycles. The molecule has 0 N–H and O–H groups in total. The molecule has 0 radical (unpaired) electrons. The van der Waals surface area contributed by atoms with Crippen molar-refractivity contribution in [2.45, 2.75) is 49.3 Å². The Labute approximate surface area is 189 Å². The number of rotatable bonds is 6. The molecule has 0 spiro atoms. The molecule has 2 fully saturated rings. The van der Waals surface area contributed by atoms with Gasteiger partial charge in [0.25, 0.3) is 5.91 Å². The summed E-state index contributed by atoms with van der Waals surface area (Å²) in [5, 5.41) is 0.0603. The summed E-state index contributed by atoms with van der Waals surface area (Å²) in [4.78, 5) is 14.7. The van der Waals surface area contributed by atoms with Crippen LogP contribution in [-0.2, 0) is 22.7 Å². The highest BCUT2D eigenvalue weighted by Crippen LogP contribution is 2.36. The molecule has 1 amide bonds. The highest BCUT2D eigenvalue weighted by atomic mass is 35.5. The van der Waals surface area contributed by atoms with E-state index in [9.17, 15) is 26.4 Å². The zero-order valence-corrected chi connectivity index (χ0v) is 18.7. The van der Waals surface area contributed by atoms with Gasteiger partial charge in [0.05, 0.1) is 21.0 Å². The average molecular weight is 487 g/mol. The van der Waals surface area contributed by atoms with Crippen LogP contribution in [0.3, 0.4) is 0 Å². The van der Waals surface area contributed by atoms with E-state index in [0.29, 0.717) is 25.9 Å². The van der Waals surface area contributed by atoms with Crippen molar-refractivity contribution in [3.8, 4) is 0 Å². The average Bonchev–Trinajstić information content (AvgIpc) is 3.42. The second-order valence-electron chi connectivity index (χ2n) is 8.07. The number of hydrogen-bond donors (Lipinski definition) is 0. The second-order valence-corrected chi connectivity index (χ2v) is 10.4. The summed E-state index contributed by atoms with van der Waals surface area (Å²) in [6.07, 6.45) is -1.66. The zero-order chi connectivity index (χ0) is 23.1. The van der Waals surface area contributed by atoms with Crippen LogP contribution >= 0.6 is 11.6 Å². The topological polar surface area (TPSA) is 57.7 Å². The largest absolute Gasteiger partial charge is 0.416 e. The number of halogens is 4. The summed E-state index contributed by atoms with van der Waals surface area (Å²) >= 11 is 6.24. The molecule has 5 nitrogen and oxygen atoms in total. The molecular formula is C22H22ClF3N2O3S. The van der Waals surface area contributed by atoms with Gasteiger partial charge < -0.3 is 4.90 Å². The van der Waals surface area contributed by atoms with Crippen molar-refractivity contribution in [2.75, 3.05) is 13.1 Å². The summed E-state index contributed by atoms with van der Waals surface area (Å²) in [7, 11) is -3.77. The van der Waals surface area contributed by atoms with Crippen molar-refractivity contribution in [1.29, 1.82) is 0 Å². The lowest BCUT2D eigenvalue weighted by Crippen LogP contribution is -2.34. The van der Waals surface area contributed by atoms with E-state index in [1.54, 1.807) is 0 Å². The van der Waals surface area contributed by atoms with Crippen molar-refractivity contribution >= 4 is 27.5 Å². The third-order valence-corrected chi connectivity index (χ3v) is 8.01. The summed E-state index contributed by atoms with van der Waals surface area (Å²) in [5.74, 6) is -0.576. The van der Waals surface area contributed by atoms with Gasteiger partial charge >= 0.3 is 6.18 Å². The Morgan fingerprint density at radius 2 is 1.75 bits per heavy atom. The van der Waals surface area contributed by atoms with E-state index < -0.39 is 27.7 Å². The molecule has 2 aromatic rings. The summed E-state index contributed by atoms with van der Waals surface area (Å²) < 4.78 is 67.5. The Bertz CT molecular complexity index is 1130. The van der Waals surface area contributed by atoms with E-state index in [-0.39, 0.29) is 33.6 Å². The molecule has 32 heavy (non-hydrogen) atoms. The number of alkyl halides is 3. The molecule has 0 bridgehead atoms. The van der Waals surface area contributed by atoms with Gasteiger partial charge in [0, 0.05) is 25.7 Å². The number of carbonyl (C=O) groups excluding carboxylic acids is 1. The number of nitrogens with zero attached hydrogens (tertiary/aromatic N) is 2. The molecule has 1 saturated heterocycles. The van der Waals surface area contributed by atoms with E-state index in [4.69, 9.17) is 11.6 Å². The maximum Gasteiger partial charge on any atom is 0.416 e. The number of sulfonamides is 1. The fourth-order valence-electron chi connectivity index (χ4n) is 3.93. The van der Waals surface area contributed by atoms with Crippen molar-refractivity contribution in [3.05, 3.63) is 64.2 Å². The molecule has 0 atom stereocenters. The lowest BCUT2D eigenvalue weighted by molar-refractivity contribution is -0.138. The predicted octanol–water partition coefficient (Wildman–Crippen LogP) is 4.95. The van der Waals surface area contributed by atoms with Gasteiger partial charge in [-0.1, -0.05) is 29.8 Å². The van der Waals surface area contributed by atoms with Gasteiger partial charge in [0.1, 0.15) is 0 Å². The standard InChI is InChI=1S/C22H22ClF3N2O3S/c23-20-10-9-17(32(30,31)27-11-3-4-12-27)13-18(20)21(29)28(16-7-8-16)14-15-5-1-2-6-19(15)22(24,25)26/h1-2,5-6,9-10,13,16H,3-4,7-8,11-12,14H2. The highest BCUT2D eigenvalue weighted by Gasteiger charge is 2.38. The molecule has 1 aliphatic heterocycles. The SMILES string of the molecule is O=C(c1cc(S(=O)(=O)N2CCCC2)ccc1Cl)N(Cc1ccccc1C(F)(F)F)C1CC1. The van der Waals surface area contributed by atoms with E-state index in [1.165, 1.54) is 45.6 Å². The van der Waals surface area contributed by atoms with E-state index in [0.717, 1.165) is 18.9 Å². The Hall–Kier alpha value is -2.10. The normalized spacial score (nSPS) is 17.5. The van der Waals surface area contributed by atoms with Crippen LogP contribution in [0.5, 0.6) is 0 Å². The third-order valence-electron chi connectivity index (χ3n) is 5.78. The molecule has 4 rings (SSSR count). The summed E-state index contributed by atoms with van der Waals surface area (Å²) in [5.41, 5.74) is -0.838. The Balaban J connectivity index is 1.67. The van der Waals surface area contributed by atoms with Crippen molar-refractivity contribution < 1.29 is 26.4 Å². The number of hydrogen-bond acceptors (Lipinski definition) is 3. The fourth-order valence-corrected chi connectivity index (χ4v) is 5.67. The number of carbonyl (C=O) groups is 1. The first-order chi connectivity index (χ1) is 15.1. The van der Waals surface area contributed by atoms with Crippen molar-refractivity contribution in [1.82, 2.24) is 9.21 Å². The molecule has 2 aromatic carbocycles. The number of benzene rings is 2. The molecule has 2 aliphatic rings. The Morgan fingerprint density at radius 1 is 1.09 bits per heavy atom. The van der Waals surface area contributed by atoms with Gasteiger partial charge in [-0.05, 0) is 55.5 Å². The van der Waals surface area contributed by atoms with Crippen molar-refractivity contribution in [3.63, 3.8) is 0 Å². The lowest BCUT2D eigenvalue weighted by Gasteiger charge is -2.25. The van der Waals surface area contributed by atoms with Crippen LogP contribution in [0.4, 0.5) is 13.2 Å². The number of amides is 1. The third kappa shape index (κ3) is 4.65. The molecule has 0 unspecified atom stereocenters. The lowest BCUT2D eigenvalue weighted by atomic mass is 10.1. The van der Waals surface area contributed by atoms with Crippen LogP contribution in [0.15, 0.2) is 47.4 Å². The molecule has 172 valence electrons. The maximum atomic E-state index is 13.4. The quantitative estimate of drug-likeness (QED) is 0.580. The van der Waals surface area contributed by atoms with Crippen molar-refractivity contribution in [2.24, 2.45) is 0 Å². The highest BCUT2D eigenvalue weighted by molar-refractivity contribution is 7.89. The van der Waals surface area contributed by atoms with E-state index >= 15 is 0 Å².